The van der Waals surface area contributed by atoms with Crippen molar-refractivity contribution >= 4 is 32.6 Å². The molecule has 4 aromatic rings. The van der Waals surface area contributed by atoms with Gasteiger partial charge < -0.3 is 4.90 Å². The number of hydrogen-bond acceptors (Lipinski definition) is 4. The summed E-state index contributed by atoms with van der Waals surface area (Å²) in [5, 5.41) is 0.619. The topological polar surface area (TPSA) is 36.4 Å². The summed E-state index contributed by atoms with van der Waals surface area (Å²) in [5.41, 5.74) is 3.94. The van der Waals surface area contributed by atoms with Crippen LogP contribution < -0.4 is 4.90 Å². The number of fused-ring (bicyclic) bond motifs is 1. The Bertz CT molecular complexity index is 1200. The minimum atomic E-state index is -0.294. The molecule has 0 atom stereocenters. The Labute approximate surface area is 198 Å². The van der Waals surface area contributed by atoms with E-state index in [0.29, 0.717) is 17.2 Å². The minimum absolute atomic E-state index is 0.00542. The van der Waals surface area contributed by atoms with Crippen LogP contribution in [0.5, 0.6) is 0 Å². The second-order valence-corrected chi connectivity index (χ2v) is 8.93. The Morgan fingerprint density at radius 3 is 2.30 bits per heavy atom. The number of carbonyl (C=O) groups excluding carboxylic acids is 1. The number of carbonyl (C=O) groups is 1. The number of likely N-dealkylation sites (N-methyl/N-ethyl adjacent to an activating group) is 1. The number of aromatic nitrogens is 1. The zero-order chi connectivity index (χ0) is 23.2. The highest BCUT2D eigenvalue weighted by Crippen LogP contribution is 2.30. The Morgan fingerprint density at radius 2 is 1.61 bits per heavy atom. The molecule has 1 amide bonds. The third-order valence-corrected chi connectivity index (χ3v) is 6.86. The van der Waals surface area contributed by atoms with Gasteiger partial charge >= 0.3 is 0 Å². The molecule has 4 nitrogen and oxygen atoms in total. The summed E-state index contributed by atoms with van der Waals surface area (Å²) in [5.74, 6) is -0.300. The molecule has 3 aromatic carbocycles. The Hall–Kier alpha value is -3.09. The lowest BCUT2D eigenvalue weighted by atomic mass is 10.0. The maximum absolute atomic E-state index is 13.7. The van der Waals surface area contributed by atoms with Crippen molar-refractivity contribution in [1.29, 1.82) is 0 Å². The predicted molar refractivity (Wildman–Crippen MR) is 135 cm³/mol. The van der Waals surface area contributed by atoms with Gasteiger partial charge in [0.1, 0.15) is 5.82 Å². The Kier molecular flexibility index (Phi) is 7.47. The van der Waals surface area contributed by atoms with E-state index in [2.05, 4.69) is 48.0 Å². The highest BCUT2D eigenvalue weighted by Gasteiger charge is 2.21. The largest absolute Gasteiger partial charge is 0.302 e. The number of rotatable bonds is 9. The molecule has 0 unspecified atom stereocenters. The first kappa shape index (κ1) is 23.1. The number of nitrogens with zero attached hydrogens (tertiary/aromatic N) is 3. The first-order chi connectivity index (χ1) is 16.1. The van der Waals surface area contributed by atoms with Crippen LogP contribution in [0.25, 0.3) is 21.3 Å². The van der Waals surface area contributed by atoms with Gasteiger partial charge in [-0.05, 0) is 48.0 Å². The average molecular weight is 462 g/mol. The average Bonchev–Trinajstić information content (AvgIpc) is 3.25. The summed E-state index contributed by atoms with van der Waals surface area (Å²) in [6.07, 6.45) is 0.289. The minimum Gasteiger partial charge on any atom is -0.302 e. The number of benzene rings is 3. The summed E-state index contributed by atoms with van der Waals surface area (Å²) in [6, 6.07) is 22.9. The van der Waals surface area contributed by atoms with Gasteiger partial charge in [-0.25, -0.2) is 9.37 Å². The van der Waals surface area contributed by atoms with Gasteiger partial charge in [0.2, 0.25) is 5.91 Å². The van der Waals surface area contributed by atoms with Gasteiger partial charge in [0, 0.05) is 13.1 Å². The van der Waals surface area contributed by atoms with Crippen LogP contribution in [0.2, 0.25) is 0 Å². The number of amides is 1. The third-order valence-electron chi connectivity index (χ3n) is 5.82. The van der Waals surface area contributed by atoms with Crippen LogP contribution in [-0.4, -0.2) is 42.0 Å². The molecule has 0 aliphatic rings. The normalized spacial score (nSPS) is 11.3. The van der Waals surface area contributed by atoms with Crippen molar-refractivity contribution in [2.45, 2.75) is 20.3 Å². The molecule has 0 aliphatic carbocycles. The van der Waals surface area contributed by atoms with E-state index in [4.69, 9.17) is 0 Å². The molecule has 6 heteroatoms. The number of halogens is 1. The predicted octanol–water partition coefficient (Wildman–Crippen LogP) is 6.02. The van der Waals surface area contributed by atoms with E-state index in [0.717, 1.165) is 41.0 Å². The van der Waals surface area contributed by atoms with Crippen LogP contribution in [0.1, 0.15) is 19.4 Å². The molecule has 1 aromatic heterocycles. The van der Waals surface area contributed by atoms with Gasteiger partial charge in [0.05, 0.1) is 16.6 Å². The van der Waals surface area contributed by atoms with E-state index in [1.165, 1.54) is 23.5 Å². The lowest BCUT2D eigenvalue weighted by Gasteiger charge is -2.24. The number of anilines is 1. The van der Waals surface area contributed by atoms with Gasteiger partial charge in [0.25, 0.3) is 0 Å². The molecular formula is C27H28FN3OS. The summed E-state index contributed by atoms with van der Waals surface area (Å²) >= 11 is 1.36. The highest BCUT2D eigenvalue weighted by atomic mass is 32.1. The molecule has 33 heavy (non-hydrogen) atoms. The summed E-state index contributed by atoms with van der Waals surface area (Å²) in [4.78, 5) is 22.1. The molecule has 0 aliphatic heterocycles. The molecule has 1 heterocycles. The lowest BCUT2D eigenvalue weighted by molar-refractivity contribution is -0.118. The molecule has 0 fully saturated rings. The summed E-state index contributed by atoms with van der Waals surface area (Å²) in [6.45, 7) is 7.38. The van der Waals surface area contributed by atoms with E-state index in [9.17, 15) is 9.18 Å². The fraction of sp³-hybridized carbons (Fsp3) is 0.259. The van der Waals surface area contributed by atoms with Gasteiger partial charge in [0.15, 0.2) is 5.13 Å². The van der Waals surface area contributed by atoms with Crippen molar-refractivity contribution in [1.82, 2.24) is 9.88 Å². The molecule has 0 spiro atoms. The third kappa shape index (κ3) is 5.64. The van der Waals surface area contributed by atoms with Crippen molar-refractivity contribution in [3.8, 4) is 11.1 Å². The first-order valence-corrected chi connectivity index (χ1v) is 12.1. The van der Waals surface area contributed by atoms with Gasteiger partial charge in [-0.2, -0.15) is 0 Å². The van der Waals surface area contributed by atoms with E-state index in [-0.39, 0.29) is 18.1 Å². The standard InChI is InChI=1S/C27H28FN3OS/c1-3-30(4-2)16-17-31(27-29-24-15-14-23(28)19-25(24)33-27)26(32)18-20-10-12-22(13-11-20)21-8-6-5-7-9-21/h5-15,19H,3-4,16-18H2,1-2H3. The maximum atomic E-state index is 13.7. The van der Waals surface area contributed by atoms with Crippen molar-refractivity contribution in [3.05, 3.63) is 84.2 Å². The molecule has 0 radical (unpaired) electrons. The monoisotopic (exact) mass is 461 g/mol. The maximum Gasteiger partial charge on any atom is 0.233 e. The van der Waals surface area contributed by atoms with Crippen LogP contribution in [-0.2, 0) is 11.2 Å². The van der Waals surface area contributed by atoms with Crippen LogP contribution >= 0.6 is 11.3 Å². The second-order valence-electron chi connectivity index (χ2n) is 7.92. The molecule has 4 rings (SSSR count). The smallest absolute Gasteiger partial charge is 0.233 e. The molecule has 0 saturated carbocycles. The summed E-state index contributed by atoms with van der Waals surface area (Å²) in [7, 11) is 0. The van der Waals surface area contributed by atoms with Gasteiger partial charge in [-0.1, -0.05) is 79.8 Å². The van der Waals surface area contributed by atoms with Gasteiger partial charge in [-0.15, -0.1) is 0 Å². The van der Waals surface area contributed by atoms with Gasteiger partial charge in [-0.3, -0.25) is 9.69 Å². The van der Waals surface area contributed by atoms with E-state index in [1.807, 2.05) is 30.3 Å². The molecular weight excluding hydrogens is 433 g/mol. The van der Waals surface area contributed by atoms with E-state index >= 15 is 0 Å². The first-order valence-electron chi connectivity index (χ1n) is 11.3. The van der Waals surface area contributed by atoms with E-state index in [1.54, 1.807) is 11.0 Å². The Balaban J connectivity index is 1.55. The molecule has 0 N–H and O–H groups in total. The van der Waals surface area contributed by atoms with Crippen LogP contribution in [0.15, 0.2) is 72.8 Å². The van der Waals surface area contributed by atoms with Crippen LogP contribution in [0, 0.1) is 5.82 Å². The fourth-order valence-corrected chi connectivity index (χ4v) is 4.86. The van der Waals surface area contributed by atoms with E-state index < -0.39 is 0 Å². The Morgan fingerprint density at radius 1 is 0.909 bits per heavy atom. The quantitative estimate of drug-likeness (QED) is 0.306. The lowest BCUT2D eigenvalue weighted by Crippen LogP contribution is -2.39. The summed E-state index contributed by atoms with van der Waals surface area (Å²) < 4.78 is 14.4. The number of thiazole rings is 1. The zero-order valence-corrected chi connectivity index (χ0v) is 19.8. The fourth-order valence-electron chi connectivity index (χ4n) is 3.83. The molecule has 0 saturated heterocycles. The zero-order valence-electron chi connectivity index (χ0n) is 19.0. The van der Waals surface area contributed by atoms with Crippen molar-refractivity contribution in [2.75, 3.05) is 31.1 Å². The number of hydrogen-bond donors (Lipinski definition) is 0. The SMILES string of the molecule is CCN(CC)CCN(C(=O)Cc1ccc(-c2ccccc2)cc1)c1nc2ccc(F)cc2s1. The second kappa shape index (κ2) is 10.7. The van der Waals surface area contributed by atoms with Crippen LogP contribution in [0.3, 0.4) is 0 Å². The molecule has 0 bridgehead atoms. The van der Waals surface area contributed by atoms with Crippen molar-refractivity contribution < 1.29 is 9.18 Å². The molecule has 170 valence electrons. The van der Waals surface area contributed by atoms with Crippen LogP contribution in [0.4, 0.5) is 9.52 Å². The highest BCUT2D eigenvalue weighted by molar-refractivity contribution is 7.22. The van der Waals surface area contributed by atoms with Crippen molar-refractivity contribution in [3.63, 3.8) is 0 Å². The van der Waals surface area contributed by atoms with Crippen molar-refractivity contribution in [2.24, 2.45) is 0 Å².